The van der Waals surface area contributed by atoms with Gasteiger partial charge in [0.2, 0.25) is 5.95 Å². The Labute approximate surface area is 212 Å². The number of rotatable bonds is 6. The molecule has 0 saturated carbocycles. The third-order valence-electron chi connectivity index (χ3n) is 6.53. The van der Waals surface area contributed by atoms with Crippen LogP contribution in [0.25, 0.3) is 22.3 Å². The summed E-state index contributed by atoms with van der Waals surface area (Å²) < 4.78 is 29.1. The Bertz CT molecular complexity index is 1360. The van der Waals surface area contributed by atoms with Crippen LogP contribution >= 0.6 is 23.2 Å². The van der Waals surface area contributed by atoms with Crippen LogP contribution in [-0.4, -0.2) is 27.6 Å². The average molecular weight is 516 g/mol. The number of nitrogens with zero attached hydrogens (tertiary/aromatic N) is 3. The summed E-state index contributed by atoms with van der Waals surface area (Å²) in [7, 11) is 0. The van der Waals surface area contributed by atoms with Gasteiger partial charge in [-0.25, -0.2) is 13.8 Å². The Balaban J connectivity index is 1.57. The number of hydrogen-bond donors (Lipinski definition) is 2. The van der Waals surface area contributed by atoms with Crippen LogP contribution in [0.5, 0.6) is 0 Å². The first-order valence-electron chi connectivity index (χ1n) is 11.6. The van der Waals surface area contributed by atoms with Gasteiger partial charge in [0.15, 0.2) is 11.6 Å². The molecule has 1 fully saturated rings. The number of nitrogens with one attached hydrogen (secondary N) is 2. The van der Waals surface area contributed by atoms with E-state index < -0.39 is 11.6 Å². The molecular weight excluding hydrogens is 491 g/mol. The zero-order valence-corrected chi connectivity index (χ0v) is 20.7. The van der Waals surface area contributed by atoms with Gasteiger partial charge >= 0.3 is 0 Å². The van der Waals surface area contributed by atoms with Crippen LogP contribution in [0.3, 0.4) is 0 Å². The van der Waals surface area contributed by atoms with Crippen LogP contribution in [0.2, 0.25) is 10.0 Å². The SMILES string of the molecule is Cc1c(-c2c(Cl)cccc2Cl)n(CC2CCCNC2)c2nc(NCc3ccc(F)c(F)c3)ncc12. The van der Waals surface area contributed by atoms with Crippen molar-refractivity contribution in [2.24, 2.45) is 5.92 Å². The Kier molecular flexibility index (Phi) is 6.91. The van der Waals surface area contributed by atoms with Crippen LogP contribution < -0.4 is 10.6 Å². The average Bonchev–Trinajstić information content (AvgIpc) is 3.11. The van der Waals surface area contributed by atoms with Gasteiger partial charge in [-0.2, -0.15) is 4.98 Å². The summed E-state index contributed by atoms with van der Waals surface area (Å²) in [6.07, 6.45) is 4.03. The quantitative estimate of drug-likeness (QED) is 0.303. The van der Waals surface area contributed by atoms with Crippen LogP contribution in [0.1, 0.15) is 24.0 Å². The number of halogens is 4. The molecule has 4 aromatic rings. The van der Waals surface area contributed by atoms with E-state index in [-0.39, 0.29) is 6.54 Å². The highest BCUT2D eigenvalue weighted by Gasteiger charge is 2.24. The monoisotopic (exact) mass is 515 g/mol. The highest BCUT2D eigenvalue weighted by Crippen LogP contribution is 2.41. The number of benzene rings is 2. The van der Waals surface area contributed by atoms with Crippen molar-refractivity contribution in [2.45, 2.75) is 32.9 Å². The van der Waals surface area contributed by atoms with Gasteiger partial charge in [-0.3, -0.25) is 0 Å². The normalized spacial score (nSPS) is 16.1. The fourth-order valence-corrected chi connectivity index (χ4v) is 5.33. The summed E-state index contributed by atoms with van der Waals surface area (Å²) in [6.45, 7) is 5.02. The zero-order valence-electron chi connectivity index (χ0n) is 19.2. The van der Waals surface area contributed by atoms with E-state index in [9.17, 15) is 8.78 Å². The number of aromatic nitrogens is 3. The number of anilines is 1. The lowest BCUT2D eigenvalue weighted by Crippen LogP contribution is -2.32. The first-order chi connectivity index (χ1) is 16.9. The number of aryl methyl sites for hydroxylation is 1. The van der Waals surface area contributed by atoms with Crippen molar-refractivity contribution in [1.82, 2.24) is 19.9 Å². The van der Waals surface area contributed by atoms with E-state index in [2.05, 4.69) is 20.2 Å². The predicted molar refractivity (Wildman–Crippen MR) is 137 cm³/mol. The van der Waals surface area contributed by atoms with Gasteiger partial charge in [0.25, 0.3) is 0 Å². The molecule has 5 nitrogen and oxygen atoms in total. The molecule has 1 saturated heterocycles. The van der Waals surface area contributed by atoms with Crippen molar-refractivity contribution in [1.29, 1.82) is 0 Å². The van der Waals surface area contributed by atoms with Gasteiger partial charge < -0.3 is 15.2 Å². The molecule has 2 aromatic heterocycles. The molecule has 35 heavy (non-hydrogen) atoms. The third-order valence-corrected chi connectivity index (χ3v) is 7.16. The minimum Gasteiger partial charge on any atom is -0.350 e. The summed E-state index contributed by atoms with van der Waals surface area (Å²) in [6, 6.07) is 9.33. The molecular formula is C26H25Cl2F2N5. The maximum Gasteiger partial charge on any atom is 0.224 e. The predicted octanol–water partition coefficient (Wildman–Crippen LogP) is 6.60. The van der Waals surface area contributed by atoms with Crippen molar-refractivity contribution in [2.75, 3.05) is 18.4 Å². The Morgan fingerprint density at radius 1 is 1.14 bits per heavy atom. The first-order valence-corrected chi connectivity index (χ1v) is 12.4. The van der Waals surface area contributed by atoms with Gasteiger partial charge in [-0.05, 0) is 74.2 Å². The molecule has 3 heterocycles. The summed E-state index contributed by atoms with van der Waals surface area (Å²) in [5.74, 6) is -0.915. The van der Waals surface area contributed by atoms with Crippen LogP contribution in [0.4, 0.5) is 14.7 Å². The maximum atomic E-state index is 13.6. The van der Waals surface area contributed by atoms with Crippen LogP contribution in [0, 0.1) is 24.5 Å². The van der Waals surface area contributed by atoms with Crippen molar-refractivity contribution >= 4 is 40.2 Å². The molecule has 9 heteroatoms. The minimum atomic E-state index is -0.882. The molecule has 1 atom stereocenters. The second-order valence-corrected chi connectivity index (χ2v) is 9.74. The Hall–Kier alpha value is -2.74. The summed E-state index contributed by atoms with van der Waals surface area (Å²) >= 11 is 13.3. The molecule has 1 aliphatic heterocycles. The summed E-state index contributed by atoms with van der Waals surface area (Å²) in [5, 5.41) is 8.69. The second kappa shape index (κ2) is 10.1. The van der Waals surface area contributed by atoms with E-state index in [4.69, 9.17) is 28.2 Å². The number of piperidine rings is 1. The maximum absolute atomic E-state index is 13.6. The van der Waals surface area contributed by atoms with Crippen molar-refractivity contribution in [3.63, 3.8) is 0 Å². The lowest BCUT2D eigenvalue weighted by atomic mass is 9.99. The van der Waals surface area contributed by atoms with E-state index in [1.54, 1.807) is 6.20 Å². The Morgan fingerprint density at radius 2 is 1.94 bits per heavy atom. The molecule has 0 spiro atoms. The smallest absolute Gasteiger partial charge is 0.224 e. The highest BCUT2D eigenvalue weighted by molar-refractivity contribution is 6.39. The molecule has 0 radical (unpaired) electrons. The summed E-state index contributed by atoms with van der Waals surface area (Å²) in [5.41, 5.74) is 4.10. The topological polar surface area (TPSA) is 54.8 Å². The van der Waals surface area contributed by atoms with Gasteiger partial charge in [0, 0.05) is 30.2 Å². The number of hydrogen-bond acceptors (Lipinski definition) is 4. The lowest BCUT2D eigenvalue weighted by Gasteiger charge is -2.25. The Morgan fingerprint density at radius 3 is 2.66 bits per heavy atom. The van der Waals surface area contributed by atoms with Crippen molar-refractivity contribution in [3.8, 4) is 11.3 Å². The van der Waals surface area contributed by atoms with E-state index in [0.29, 0.717) is 27.5 Å². The van der Waals surface area contributed by atoms with E-state index >= 15 is 0 Å². The molecule has 5 rings (SSSR count). The van der Waals surface area contributed by atoms with Gasteiger partial charge in [0.1, 0.15) is 5.65 Å². The van der Waals surface area contributed by atoms with Crippen LogP contribution in [-0.2, 0) is 13.1 Å². The zero-order chi connectivity index (χ0) is 24.5. The number of fused-ring (bicyclic) bond motifs is 1. The second-order valence-electron chi connectivity index (χ2n) is 8.93. The molecule has 1 aliphatic rings. The molecule has 0 aliphatic carbocycles. The van der Waals surface area contributed by atoms with Crippen LogP contribution in [0.15, 0.2) is 42.6 Å². The highest BCUT2D eigenvalue weighted by atomic mass is 35.5. The standard InChI is InChI=1S/C26H25Cl2F2N5/c1-15-18-13-33-26(32-12-16-7-8-21(29)22(30)10-16)34-25(18)35(14-17-4-3-9-31-11-17)24(15)23-19(27)5-2-6-20(23)28/h2,5-8,10,13,17,31H,3-4,9,11-12,14H2,1H3,(H,32,33,34). The minimum absolute atomic E-state index is 0.262. The third kappa shape index (κ3) is 4.85. The molecule has 2 aromatic carbocycles. The molecule has 2 N–H and O–H groups in total. The molecule has 0 bridgehead atoms. The van der Waals surface area contributed by atoms with Crippen molar-refractivity contribution < 1.29 is 8.78 Å². The van der Waals surface area contributed by atoms with Crippen molar-refractivity contribution in [3.05, 3.63) is 75.4 Å². The fourth-order valence-electron chi connectivity index (χ4n) is 4.76. The molecule has 0 amide bonds. The van der Waals surface area contributed by atoms with Gasteiger partial charge in [0.05, 0.1) is 15.7 Å². The largest absolute Gasteiger partial charge is 0.350 e. The summed E-state index contributed by atoms with van der Waals surface area (Å²) in [4.78, 5) is 9.31. The van der Waals surface area contributed by atoms with Gasteiger partial charge in [-0.1, -0.05) is 35.3 Å². The van der Waals surface area contributed by atoms with Gasteiger partial charge in [-0.15, -0.1) is 0 Å². The molecule has 182 valence electrons. The fraction of sp³-hybridized carbons (Fsp3) is 0.308. The van der Waals surface area contributed by atoms with E-state index in [1.807, 2.05) is 25.1 Å². The van der Waals surface area contributed by atoms with E-state index in [0.717, 1.165) is 66.4 Å². The first kappa shape index (κ1) is 24.0. The molecule has 1 unspecified atom stereocenters. The van der Waals surface area contributed by atoms with E-state index in [1.165, 1.54) is 12.1 Å². The lowest BCUT2D eigenvalue weighted by molar-refractivity contribution is 0.341.